The second kappa shape index (κ2) is 9.07. The molecule has 0 bridgehead atoms. The molecule has 0 spiro atoms. The van der Waals surface area contributed by atoms with Crippen LogP contribution < -0.4 is 5.32 Å². The van der Waals surface area contributed by atoms with E-state index < -0.39 is 0 Å². The molecule has 2 rings (SSSR count). The zero-order valence-corrected chi connectivity index (χ0v) is 17.5. The number of nitrogens with one attached hydrogen (secondary N) is 1. The van der Waals surface area contributed by atoms with Crippen molar-refractivity contribution < 1.29 is 4.74 Å². The number of hydrogen-bond donors (Lipinski definition) is 1. The molecule has 25 heavy (non-hydrogen) atoms. The Kier molecular flexibility index (Phi) is 7.37. The van der Waals surface area contributed by atoms with Crippen LogP contribution in [0.2, 0.25) is 0 Å². The van der Waals surface area contributed by atoms with E-state index in [1.165, 1.54) is 41.6 Å². The van der Waals surface area contributed by atoms with E-state index in [4.69, 9.17) is 4.74 Å². The Morgan fingerprint density at radius 2 is 1.72 bits per heavy atom. The van der Waals surface area contributed by atoms with Crippen molar-refractivity contribution >= 4 is 5.69 Å². The van der Waals surface area contributed by atoms with Gasteiger partial charge in [0.25, 0.3) is 0 Å². The van der Waals surface area contributed by atoms with Crippen LogP contribution >= 0.6 is 0 Å². The summed E-state index contributed by atoms with van der Waals surface area (Å²) >= 11 is 0. The molecule has 142 valence electrons. The molecule has 0 saturated carbocycles. The maximum Gasteiger partial charge on any atom is 0.0748 e. The van der Waals surface area contributed by atoms with Crippen LogP contribution in [0.15, 0.2) is 12.1 Å². The van der Waals surface area contributed by atoms with Crippen LogP contribution in [0.5, 0.6) is 0 Å². The molecule has 1 fully saturated rings. The van der Waals surface area contributed by atoms with Crippen LogP contribution in [-0.4, -0.2) is 19.3 Å². The lowest BCUT2D eigenvalue weighted by molar-refractivity contribution is 0.120. The molecule has 1 N–H and O–H groups in total. The Labute approximate surface area is 155 Å². The van der Waals surface area contributed by atoms with Gasteiger partial charge in [0.15, 0.2) is 0 Å². The Hall–Kier alpha value is -1.02. The maximum absolute atomic E-state index is 5.84. The summed E-state index contributed by atoms with van der Waals surface area (Å²) in [5.41, 5.74) is 5.82. The molecule has 1 aromatic carbocycles. The van der Waals surface area contributed by atoms with Gasteiger partial charge >= 0.3 is 0 Å². The van der Waals surface area contributed by atoms with E-state index in [0.29, 0.717) is 29.8 Å². The first kappa shape index (κ1) is 20.3. The average Bonchev–Trinajstić information content (AvgIpc) is 3.11. The largest absolute Gasteiger partial charge is 0.382 e. The second-order valence-corrected chi connectivity index (χ2v) is 8.57. The number of hydrogen-bond acceptors (Lipinski definition) is 2. The second-order valence-electron chi connectivity index (χ2n) is 8.57. The highest BCUT2D eigenvalue weighted by Gasteiger charge is 2.23. The SMILES string of the molecule is CCC(C)C(C)c1cc(C(C)C)cc(C(C)C)c1NCC1CCCO1. The number of anilines is 1. The molecular weight excluding hydrogens is 306 g/mol. The molecule has 2 heteroatoms. The Balaban J connectivity index is 2.42. The third-order valence-electron chi connectivity index (χ3n) is 6.03. The lowest BCUT2D eigenvalue weighted by atomic mass is 9.81. The van der Waals surface area contributed by atoms with Crippen molar-refractivity contribution in [2.24, 2.45) is 5.92 Å². The Bertz CT molecular complexity index is 543. The molecule has 1 saturated heterocycles. The summed E-state index contributed by atoms with van der Waals surface area (Å²) in [6.45, 7) is 18.2. The van der Waals surface area contributed by atoms with E-state index in [1.807, 2.05) is 0 Å². The molecule has 0 radical (unpaired) electrons. The standard InChI is InChI=1S/C23H39NO/c1-8-17(6)18(7)22-13-19(15(2)3)12-21(16(4)5)23(22)24-14-20-10-9-11-25-20/h12-13,15-18,20,24H,8-11,14H2,1-7H3. The van der Waals surface area contributed by atoms with Gasteiger partial charge in [-0.3, -0.25) is 0 Å². The van der Waals surface area contributed by atoms with E-state index in [9.17, 15) is 0 Å². The van der Waals surface area contributed by atoms with E-state index in [-0.39, 0.29) is 0 Å². The van der Waals surface area contributed by atoms with Crippen LogP contribution in [0.3, 0.4) is 0 Å². The summed E-state index contributed by atoms with van der Waals surface area (Å²) in [5.74, 6) is 2.33. The molecule has 1 heterocycles. The first-order valence-electron chi connectivity index (χ1n) is 10.4. The molecule has 0 amide bonds. The Morgan fingerprint density at radius 3 is 2.24 bits per heavy atom. The quantitative estimate of drug-likeness (QED) is 0.568. The molecule has 1 aliphatic rings. The van der Waals surface area contributed by atoms with Gasteiger partial charge in [-0.15, -0.1) is 0 Å². The van der Waals surface area contributed by atoms with Crippen LogP contribution in [0.25, 0.3) is 0 Å². The van der Waals surface area contributed by atoms with E-state index in [0.717, 1.165) is 13.2 Å². The lowest BCUT2D eigenvalue weighted by Crippen LogP contribution is -2.21. The minimum atomic E-state index is 0.372. The third kappa shape index (κ3) is 5.00. The first-order valence-corrected chi connectivity index (χ1v) is 10.4. The topological polar surface area (TPSA) is 21.3 Å². The predicted octanol–water partition coefficient (Wildman–Crippen LogP) is 6.67. The molecule has 0 aliphatic carbocycles. The van der Waals surface area contributed by atoms with Crippen molar-refractivity contribution in [3.05, 3.63) is 28.8 Å². The van der Waals surface area contributed by atoms with Crippen LogP contribution in [-0.2, 0) is 4.74 Å². The molecule has 1 aliphatic heterocycles. The summed E-state index contributed by atoms with van der Waals surface area (Å²) in [7, 11) is 0. The molecule has 3 unspecified atom stereocenters. The summed E-state index contributed by atoms with van der Waals surface area (Å²) in [6, 6.07) is 4.89. The van der Waals surface area contributed by atoms with Gasteiger partial charge in [-0.25, -0.2) is 0 Å². The van der Waals surface area contributed by atoms with Gasteiger partial charge in [-0.2, -0.15) is 0 Å². The highest BCUT2D eigenvalue weighted by Crippen LogP contribution is 2.39. The first-order chi connectivity index (χ1) is 11.8. The molecular formula is C23H39NO. The van der Waals surface area contributed by atoms with E-state index in [1.54, 1.807) is 0 Å². The highest BCUT2D eigenvalue weighted by molar-refractivity contribution is 5.62. The number of benzene rings is 1. The molecule has 3 atom stereocenters. The lowest BCUT2D eigenvalue weighted by Gasteiger charge is -2.28. The Morgan fingerprint density at radius 1 is 1.04 bits per heavy atom. The fraction of sp³-hybridized carbons (Fsp3) is 0.739. The normalized spacial score (nSPS) is 20.3. The van der Waals surface area contributed by atoms with Gasteiger partial charge in [-0.1, -0.05) is 67.0 Å². The van der Waals surface area contributed by atoms with Crippen LogP contribution in [0, 0.1) is 5.92 Å². The van der Waals surface area contributed by atoms with E-state index >= 15 is 0 Å². The van der Waals surface area contributed by atoms with Crippen molar-refractivity contribution in [2.75, 3.05) is 18.5 Å². The van der Waals surface area contributed by atoms with Crippen LogP contribution in [0.1, 0.15) is 102 Å². The summed E-state index contributed by atoms with van der Waals surface area (Å²) in [6.07, 6.45) is 3.97. The third-order valence-corrected chi connectivity index (χ3v) is 6.03. The van der Waals surface area contributed by atoms with Gasteiger partial charge in [0.1, 0.15) is 0 Å². The smallest absolute Gasteiger partial charge is 0.0748 e. The van der Waals surface area contributed by atoms with Crippen molar-refractivity contribution in [1.29, 1.82) is 0 Å². The zero-order chi connectivity index (χ0) is 18.6. The van der Waals surface area contributed by atoms with Crippen molar-refractivity contribution in [1.82, 2.24) is 0 Å². The van der Waals surface area contributed by atoms with Gasteiger partial charge < -0.3 is 10.1 Å². The molecule has 1 aromatic rings. The molecule has 0 aromatic heterocycles. The predicted molar refractivity (Wildman–Crippen MR) is 110 cm³/mol. The summed E-state index contributed by atoms with van der Waals surface area (Å²) < 4.78 is 5.84. The van der Waals surface area contributed by atoms with E-state index in [2.05, 4.69) is 65.9 Å². The summed E-state index contributed by atoms with van der Waals surface area (Å²) in [5, 5.41) is 3.81. The zero-order valence-electron chi connectivity index (χ0n) is 17.5. The number of ether oxygens (including phenoxy) is 1. The minimum absolute atomic E-state index is 0.372. The van der Waals surface area contributed by atoms with Crippen LogP contribution in [0.4, 0.5) is 5.69 Å². The van der Waals surface area contributed by atoms with Crippen molar-refractivity contribution in [2.45, 2.75) is 91.6 Å². The maximum atomic E-state index is 5.84. The number of rotatable bonds is 8. The van der Waals surface area contributed by atoms with Gasteiger partial charge in [0.2, 0.25) is 0 Å². The van der Waals surface area contributed by atoms with Crippen molar-refractivity contribution in [3.63, 3.8) is 0 Å². The van der Waals surface area contributed by atoms with Crippen molar-refractivity contribution in [3.8, 4) is 0 Å². The fourth-order valence-corrected chi connectivity index (χ4v) is 3.75. The van der Waals surface area contributed by atoms with Gasteiger partial charge in [-0.05, 0) is 53.2 Å². The van der Waals surface area contributed by atoms with Gasteiger partial charge in [0, 0.05) is 18.8 Å². The van der Waals surface area contributed by atoms with Gasteiger partial charge in [0.05, 0.1) is 6.10 Å². The fourth-order valence-electron chi connectivity index (χ4n) is 3.75. The minimum Gasteiger partial charge on any atom is -0.382 e. The molecule has 2 nitrogen and oxygen atoms in total. The highest BCUT2D eigenvalue weighted by atomic mass is 16.5. The average molecular weight is 346 g/mol. The summed E-state index contributed by atoms with van der Waals surface area (Å²) in [4.78, 5) is 0. The monoisotopic (exact) mass is 345 g/mol.